The number of rotatable bonds is 2. The Morgan fingerprint density at radius 2 is 2.33 bits per heavy atom. The van der Waals surface area contributed by atoms with Crippen molar-refractivity contribution in [1.82, 2.24) is 19.5 Å². The van der Waals surface area contributed by atoms with Crippen LogP contribution in [0.15, 0.2) is 18.3 Å². The van der Waals surface area contributed by atoms with E-state index in [1.807, 2.05) is 22.8 Å². The van der Waals surface area contributed by atoms with Crippen LogP contribution in [0, 0.1) is 6.92 Å². The molecule has 1 atom stereocenters. The van der Waals surface area contributed by atoms with Crippen molar-refractivity contribution in [3.63, 3.8) is 0 Å². The summed E-state index contributed by atoms with van der Waals surface area (Å²) in [5.74, 6) is 0.737. The lowest BCUT2D eigenvalue weighted by Gasteiger charge is -2.29. The van der Waals surface area contributed by atoms with Gasteiger partial charge in [0.2, 0.25) is 5.95 Å². The minimum atomic E-state index is 0.460. The van der Waals surface area contributed by atoms with Crippen LogP contribution in [0.5, 0.6) is 0 Å². The normalized spacial score (nSPS) is 21.3. The highest BCUT2D eigenvalue weighted by atomic mass is 15.4. The smallest absolute Gasteiger partial charge is 0.243 e. The number of likely N-dealkylation sites (N-methyl/N-ethyl adjacent to an activating group) is 1. The third-order valence-electron chi connectivity index (χ3n) is 3.45. The van der Waals surface area contributed by atoms with Gasteiger partial charge in [-0.25, -0.2) is 4.52 Å². The molecule has 1 aliphatic rings. The van der Waals surface area contributed by atoms with Gasteiger partial charge < -0.3 is 10.2 Å². The average Bonchev–Trinajstić information content (AvgIpc) is 2.70. The van der Waals surface area contributed by atoms with Crippen molar-refractivity contribution in [2.75, 3.05) is 25.5 Å². The summed E-state index contributed by atoms with van der Waals surface area (Å²) < 4.78 is 1.82. The number of likely N-dealkylation sites (tertiary alicyclic amines) is 1. The van der Waals surface area contributed by atoms with Crippen molar-refractivity contribution in [1.29, 1.82) is 0 Å². The van der Waals surface area contributed by atoms with Gasteiger partial charge >= 0.3 is 0 Å². The number of hydrogen-bond donors (Lipinski definition) is 1. The van der Waals surface area contributed by atoms with Gasteiger partial charge in [0, 0.05) is 18.8 Å². The molecule has 0 aliphatic carbocycles. The lowest BCUT2D eigenvalue weighted by atomic mass is 10.1. The molecule has 0 bridgehead atoms. The summed E-state index contributed by atoms with van der Waals surface area (Å²) in [6.07, 6.45) is 4.38. The second-order valence-electron chi connectivity index (χ2n) is 5.19. The van der Waals surface area contributed by atoms with Gasteiger partial charge in [-0.15, -0.1) is 5.10 Å². The number of fused-ring (bicyclic) bond motifs is 1. The SMILES string of the molecule is Cc1ccn2nc(NC3CCCN(C)C3)nc2c1. The second kappa shape index (κ2) is 4.57. The van der Waals surface area contributed by atoms with Crippen molar-refractivity contribution in [3.8, 4) is 0 Å². The molecule has 1 aliphatic heterocycles. The Kier molecular flexibility index (Phi) is 2.91. The van der Waals surface area contributed by atoms with Gasteiger partial charge in [-0.05, 0) is 51.1 Å². The van der Waals surface area contributed by atoms with E-state index in [1.165, 1.54) is 24.9 Å². The Labute approximate surface area is 107 Å². The first-order valence-electron chi connectivity index (χ1n) is 6.49. The largest absolute Gasteiger partial charge is 0.349 e. The van der Waals surface area contributed by atoms with Crippen molar-refractivity contribution in [3.05, 3.63) is 23.9 Å². The molecule has 0 saturated carbocycles. The van der Waals surface area contributed by atoms with Gasteiger partial charge in [-0.1, -0.05) is 0 Å². The Morgan fingerprint density at radius 3 is 3.17 bits per heavy atom. The summed E-state index contributed by atoms with van der Waals surface area (Å²) in [6.45, 7) is 4.32. The maximum Gasteiger partial charge on any atom is 0.243 e. The predicted octanol–water partition coefficient (Wildman–Crippen LogP) is 1.54. The summed E-state index contributed by atoms with van der Waals surface area (Å²) in [5, 5.41) is 7.88. The Balaban J connectivity index is 1.78. The van der Waals surface area contributed by atoms with E-state index in [9.17, 15) is 0 Å². The first kappa shape index (κ1) is 11.5. The molecular weight excluding hydrogens is 226 g/mol. The van der Waals surface area contributed by atoms with E-state index in [0.29, 0.717) is 6.04 Å². The second-order valence-corrected chi connectivity index (χ2v) is 5.19. The molecule has 1 N–H and O–H groups in total. The van der Waals surface area contributed by atoms with E-state index >= 15 is 0 Å². The summed E-state index contributed by atoms with van der Waals surface area (Å²) in [5.41, 5.74) is 2.11. The first-order valence-corrected chi connectivity index (χ1v) is 6.49. The molecule has 0 aromatic carbocycles. The quantitative estimate of drug-likeness (QED) is 0.872. The average molecular weight is 245 g/mol. The molecule has 0 radical (unpaired) electrons. The highest BCUT2D eigenvalue weighted by Crippen LogP contribution is 2.14. The topological polar surface area (TPSA) is 45.5 Å². The van der Waals surface area contributed by atoms with Gasteiger partial charge in [0.25, 0.3) is 0 Å². The molecule has 96 valence electrons. The standard InChI is InChI=1S/C13H19N5/c1-10-5-7-18-12(8-10)15-13(16-18)14-11-4-3-6-17(2)9-11/h5,7-8,11H,3-4,6,9H2,1-2H3,(H,14,16). The van der Waals surface area contributed by atoms with E-state index in [1.54, 1.807) is 0 Å². The summed E-state index contributed by atoms with van der Waals surface area (Å²) in [7, 11) is 2.16. The zero-order chi connectivity index (χ0) is 12.5. The zero-order valence-corrected chi connectivity index (χ0v) is 10.9. The number of pyridine rings is 1. The fraction of sp³-hybridized carbons (Fsp3) is 0.538. The molecule has 1 unspecified atom stereocenters. The van der Waals surface area contributed by atoms with E-state index in [-0.39, 0.29) is 0 Å². The molecule has 0 spiro atoms. The van der Waals surface area contributed by atoms with Crippen LogP contribution in [-0.4, -0.2) is 45.7 Å². The van der Waals surface area contributed by atoms with E-state index in [4.69, 9.17) is 0 Å². The number of aryl methyl sites for hydroxylation is 1. The molecule has 2 aromatic rings. The number of hydrogen-bond acceptors (Lipinski definition) is 4. The molecule has 1 saturated heterocycles. The van der Waals surface area contributed by atoms with E-state index < -0.39 is 0 Å². The predicted molar refractivity (Wildman–Crippen MR) is 71.9 cm³/mol. The van der Waals surface area contributed by atoms with E-state index in [2.05, 4.69) is 34.3 Å². The van der Waals surface area contributed by atoms with Gasteiger partial charge in [0.1, 0.15) is 0 Å². The van der Waals surface area contributed by atoms with Crippen molar-refractivity contribution < 1.29 is 0 Å². The number of piperidine rings is 1. The Bertz CT molecular complexity index is 547. The number of nitrogens with zero attached hydrogens (tertiary/aromatic N) is 4. The maximum absolute atomic E-state index is 4.51. The molecule has 0 amide bonds. The van der Waals surface area contributed by atoms with Crippen LogP contribution >= 0.6 is 0 Å². The minimum Gasteiger partial charge on any atom is -0.349 e. The summed E-state index contributed by atoms with van der Waals surface area (Å²) in [4.78, 5) is 6.86. The zero-order valence-electron chi connectivity index (χ0n) is 10.9. The van der Waals surface area contributed by atoms with Crippen LogP contribution in [-0.2, 0) is 0 Å². The maximum atomic E-state index is 4.51. The third kappa shape index (κ3) is 2.31. The number of anilines is 1. The molecule has 18 heavy (non-hydrogen) atoms. The molecule has 3 rings (SSSR count). The van der Waals surface area contributed by atoms with Gasteiger partial charge in [-0.3, -0.25) is 0 Å². The third-order valence-corrected chi connectivity index (χ3v) is 3.45. The van der Waals surface area contributed by atoms with Crippen LogP contribution in [0.2, 0.25) is 0 Å². The molecular formula is C13H19N5. The van der Waals surface area contributed by atoms with Gasteiger partial charge in [0.05, 0.1) is 0 Å². The fourth-order valence-corrected chi connectivity index (χ4v) is 2.51. The van der Waals surface area contributed by atoms with Crippen LogP contribution in [0.4, 0.5) is 5.95 Å². The lowest BCUT2D eigenvalue weighted by molar-refractivity contribution is 0.260. The fourth-order valence-electron chi connectivity index (χ4n) is 2.51. The molecule has 5 heteroatoms. The molecule has 1 fully saturated rings. The molecule has 2 aromatic heterocycles. The van der Waals surface area contributed by atoms with Crippen molar-refractivity contribution in [2.24, 2.45) is 0 Å². The first-order chi connectivity index (χ1) is 8.70. The molecule has 3 heterocycles. The van der Waals surface area contributed by atoms with E-state index in [0.717, 1.165) is 18.1 Å². The van der Waals surface area contributed by atoms with Crippen molar-refractivity contribution in [2.45, 2.75) is 25.8 Å². The summed E-state index contributed by atoms with van der Waals surface area (Å²) in [6, 6.07) is 4.55. The van der Waals surface area contributed by atoms with Crippen LogP contribution in [0.1, 0.15) is 18.4 Å². The highest BCUT2D eigenvalue weighted by molar-refractivity contribution is 5.45. The van der Waals surface area contributed by atoms with Crippen LogP contribution < -0.4 is 5.32 Å². The van der Waals surface area contributed by atoms with Gasteiger partial charge in [-0.2, -0.15) is 4.98 Å². The number of nitrogens with one attached hydrogen (secondary N) is 1. The molecule has 5 nitrogen and oxygen atoms in total. The summed E-state index contributed by atoms with van der Waals surface area (Å²) >= 11 is 0. The number of aromatic nitrogens is 3. The van der Waals surface area contributed by atoms with Crippen LogP contribution in [0.3, 0.4) is 0 Å². The van der Waals surface area contributed by atoms with Crippen LogP contribution in [0.25, 0.3) is 5.65 Å². The highest BCUT2D eigenvalue weighted by Gasteiger charge is 2.18. The monoisotopic (exact) mass is 245 g/mol. The Morgan fingerprint density at radius 1 is 1.44 bits per heavy atom. The van der Waals surface area contributed by atoms with Crippen molar-refractivity contribution >= 4 is 11.6 Å². The lowest BCUT2D eigenvalue weighted by Crippen LogP contribution is -2.39. The van der Waals surface area contributed by atoms with Gasteiger partial charge in [0.15, 0.2) is 5.65 Å². The minimum absolute atomic E-state index is 0.460. The Hall–Kier alpha value is -1.62.